The van der Waals surface area contributed by atoms with E-state index in [9.17, 15) is 4.79 Å². The fourth-order valence-electron chi connectivity index (χ4n) is 2.26. The van der Waals surface area contributed by atoms with Crippen LogP contribution in [0.1, 0.15) is 41.9 Å². The molecule has 1 aromatic rings. The quantitative estimate of drug-likeness (QED) is 0.859. The summed E-state index contributed by atoms with van der Waals surface area (Å²) in [7, 11) is 0. The summed E-state index contributed by atoms with van der Waals surface area (Å²) < 4.78 is 5.31. The van der Waals surface area contributed by atoms with Gasteiger partial charge >= 0.3 is 0 Å². The van der Waals surface area contributed by atoms with Crippen molar-refractivity contribution in [1.82, 2.24) is 15.6 Å². The molecule has 0 radical (unpaired) electrons. The van der Waals surface area contributed by atoms with E-state index in [1.807, 2.05) is 0 Å². The predicted octanol–water partition coefficient (Wildman–Crippen LogP) is 1.58. The van der Waals surface area contributed by atoms with E-state index in [0.29, 0.717) is 23.4 Å². The highest BCUT2D eigenvalue weighted by Crippen LogP contribution is 2.12. The van der Waals surface area contributed by atoms with E-state index in [0.717, 1.165) is 19.4 Å². The van der Waals surface area contributed by atoms with Crippen molar-refractivity contribution >= 4 is 18.3 Å². The molecule has 0 spiro atoms. The first-order chi connectivity index (χ1) is 8.06. The standard InChI is InChI=1S/C12H19N3O2.ClH/c1-7-6-10(4-5-13-7)15-12(16)11-8(2)14-9(3)17-11;/h7,10,13H,4-6H2,1-3H3,(H,15,16);1H. The van der Waals surface area contributed by atoms with Gasteiger partial charge < -0.3 is 15.1 Å². The van der Waals surface area contributed by atoms with Crippen molar-refractivity contribution in [3.05, 3.63) is 17.3 Å². The molecule has 6 heteroatoms. The molecule has 18 heavy (non-hydrogen) atoms. The smallest absolute Gasteiger partial charge is 0.289 e. The molecule has 0 saturated carbocycles. The number of hydrogen-bond acceptors (Lipinski definition) is 4. The third-order valence-electron chi connectivity index (χ3n) is 3.07. The summed E-state index contributed by atoms with van der Waals surface area (Å²) >= 11 is 0. The Kier molecular flexibility index (Phi) is 5.16. The highest BCUT2D eigenvalue weighted by atomic mass is 35.5. The molecule has 0 aliphatic carbocycles. The highest BCUT2D eigenvalue weighted by Gasteiger charge is 2.23. The molecule has 1 aliphatic rings. The molecule has 5 nitrogen and oxygen atoms in total. The van der Waals surface area contributed by atoms with Gasteiger partial charge in [-0.15, -0.1) is 12.4 Å². The van der Waals surface area contributed by atoms with Crippen LogP contribution in [0.5, 0.6) is 0 Å². The summed E-state index contributed by atoms with van der Waals surface area (Å²) in [5, 5.41) is 6.36. The largest absolute Gasteiger partial charge is 0.436 e. The number of carbonyl (C=O) groups is 1. The van der Waals surface area contributed by atoms with E-state index < -0.39 is 0 Å². The van der Waals surface area contributed by atoms with Crippen LogP contribution in [0.4, 0.5) is 0 Å². The number of aryl methyl sites for hydroxylation is 2. The van der Waals surface area contributed by atoms with Crippen LogP contribution in [-0.2, 0) is 0 Å². The van der Waals surface area contributed by atoms with Crippen LogP contribution in [0.2, 0.25) is 0 Å². The van der Waals surface area contributed by atoms with Gasteiger partial charge in [-0.05, 0) is 33.2 Å². The third kappa shape index (κ3) is 3.46. The number of hydrogen-bond donors (Lipinski definition) is 2. The minimum absolute atomic E-state index is 0. The van der Waals surface area contributed by atoms with Gasteiger partial charge in [-0.2, -0.15) is 0 Å². The Morgan fingerprint density at radius 1 is 1.50 bits per heavy atom. The number of piperidine rings is 1. The van der Waals surface area contributed by atoms with Crippen molar-refractivity contribution in [3.8, 4) is 0 Å². The van der Waals surface area contributed by atoms with Gasteiger partial charge in [0.25, 0.3) is 5.91 Å². The summed E-state index contributed by atoms with van der Waals surface area (Å²) in [6.07, 6.45) is 1.92. The minimum atomic E-state index is -0.151. The fraction of sp³-hybridized carbons (Fsp3) is 0.667. The molecule has 0 bridgehead atoms. The van der Waals surface area contributed by atoms with Gasteiger partial charge in [0.2, 0.25) is 5.76 Å². The van der Waals surface area contributed by atoms with Gasteiger partial charge in [-0.1, -0.05) is 0 Å². The summed E-state index contributed by atoms with van der Waals surface area (Å²) in [5.41, 5.74) is 0.655. The van der Waals surface area contributed by atoms with Crippen LogP contribution in [0, 0.1) is 13.8 Å². The molecular weight excluding hydrogens is 254 g/mol. The Hall–Kier alpha value is -1.07. The summed E-state index contributed by atoms with van der Waals surface area (Å²) in [6, 6.07) is 0.676. The fourth-order valence-corrected chi connectivity index (χ4v) is 2.26. The monoisotopic (exact) mass is 273 g/mol. The van der Waals surface area contributed by atoms with Crippen molar-refractivity contribution in [1.29, 1.82) is 0 Å². The van der Waals surface area contributed by atoms with Gasteiger partial charge in [0.05, 0.1) is 5.69 Å². The lowest BCUT2D eigenvalue weighted by Crippen LogP contribution is -2.46. The lowest BCUT2D eigenvalue weighted by Gasteiger charge is -2.28. The zero-order valence-electron chi connectivity index (χ0n) is 10.9. The second kappa shape index (κ2) is 6.20. The summed E-state index contributed by atoms with van der Waals surface area (Å²) in [4.78, 5) is 16.1. The maximum Gasteiger partial charge on any atom is 0.289 e. The molecule has 0 aromatic carbocycles. The second-order valence-electron chi connectivity index (χ2n) is 4.70. The first-order valence-corrected chi connectivity index (χ1v) is 6.04. The molecule has 1 aliphatic heterocycles. The normalized spacial score (nSPS) is 23.3. The average molecular weight is 274 g/mol. The zero-order chi connectivity index (χ0) is 12.4. The number of nitrogens with one attached hydrogen (secondary N) is 2. The van der Waals surface area contributed by atoms with E-state index in [-0.39, 0.29) is 24.4 Å². The third-order valence-corrected chi connectivity index (χ3v) is 3.07. The number of oxazole rings is 1. The van der Waals surface area contributed by atoms with Crippen LogP contribution in [0.15, 0.2) is 4.42 Å². The predicted molar refractivity (Wildman–Crippen MR) is 71.2 cm³/mol. The molecule has 1 saturated heterocycles. The second-order valence-corrected chi connectivity index (χ2v) is 4.70. The summed E-state index contributed by atoms with van der Waals surface area (Å²) in [6.45, 7) is 6.61. The Morgan fingerprint density at radius 2 is 2.22 bits per heavy atom. The van der Waals surface area contributed by atoms with Crippen LogP contribution < -0.4 is 10.6 Å². The lowest BCUT2D eigenvalue weighted by molar-refractivity contribution is 0.0895. The Morgan fingerprint density at radius 3 is 2.78 bits per heavy atom. The molecule has 1 fully saturated rings. The first-order valence-electron chi connectivity index (χ1n) is 6.04. The van der Waals surface area contributed by atoms with E-state index in [1.165, 1.54) is 0 Å². The zero-order valence-corrected chi connectivity index (χ0v) is 11.8. The first kappa shape index (κ1) is 15.0. The van der Waals surface area contributed by atoms with Crippen molar-refractivity contribution < 1.29 is 9.21 Å². The van der Waals surface area contributed by atoms with E-state index >= 15 is 0 Å². The van der Waals surface area contributed by atoms with Crippen molar-refractivity contribution in [2.75, 3.05) is 6.54 Å². The van der Waals surface area contributed by atoms with Crippen LogP contribution >= 0.6 is 12.4 Å². The van der Waals surface area contributed by atoms with Gasteiger partial charge in [0, 0.05) is 19.0 Å². The molecule has 2 rings (SSSR count). The number of amides is 1. The number of rotatable bonds is 2. The van der Waals surface area contributed by atoms with Crippen LogP contribution in [0.3, 0.4) is 0 Å². The van der Waals surface area contributed by atoms with Gasteiger partial charge in [0.1, 0.15) is 0 Å². The van der Waals surface area contributed by atoms with E-state index in [1.54, 1.807) is 13.8 Å². The topological polar surface area (TPSA) is 67.2 Å². The molecule has 1 aromatic heterocycles. The molecule has 2 heterocycles. The SMILES string of the molecule is Cc1nc(C)c(C(=O)NC2CCNC(C)C2)o1.Cl. The van der Waals surface area contributed by atoms with Gasteiger partial charge in [-0.25, -0.2) is 4.98 Å². The maximum absolute atomic E-state index is 12.0. The number of carbonyl (C=O) groups excluding carboxylic acids is 1. The lowest BCUT2D eigenvalue weighted by atomic mass is 10.0. The van der Waals surface area contributed by atoms with Gasteiger partial charge in [0.15, 0.2) is 5.89 Å². The van der Waals surface area contributed by atoms with Crippen molar-refractivity contribution in [3.63, 3.8) is 0 Å². The van der Waals surface area contributed by atoms with Crippen molar-refractivity contribution in [2.45, 2.75) is 45.7 Å². The Labute approximate surface area is 113 Å². The number of aromatic nitrogens is 1. The number of halogens is 1. The molecule has 2 N–H and O–H groups in total. The average Bonchev–Trinajstić information content (AvgIpc) is 2.58. The maximum atomic E-state index is 12.0. The molecule has 1 amide bonds. The number of nitrogens with zero attached hydrogens (tertiary/aromatic N) is 1. The molecule has 2 unspecified atom stereocenters. The highest BCUT2D eigenvalue weighted by molar-refractivity contribution is 5.92. The minimum Gasteiger partial charge on any atom is -0.436 e. The van der Waals surface area contributed by atoms with E-state index in [2.05, 4.69) is 22.5 Å². The van der Waals surface area contributed by atoms with Gasteiger partial charge in [-0.3, -0.25) is 4.79 Å². The Balaban J connectivity index is 0.00000162. The van der Waals surface area contributed by atoms with Crippen LogP contribution in [0.25, 0.3) is 0 Å². The molecule has 2 atom stereocenters. The summed E-state index contributed by atoms with van der Waals surface area (Å²) in [5.74, 6) is 0.724. The van der Waals surface area contributed by atoms with Crippen molar-refractivity contribution in [2.24, 2.45) is 0 Å². The molecular formula is C12H20ClN3O2. The molecule has 102 valence electrons. The van der Waals surface area contributed by atoms with Crippen LogP contribution in [-0.4, -0.2) is 29.5 Å². The Bertz CT molecular complexity index is 419. The van der Waals surface area contributed by atoms with E-state index in [4.69, 9.17) is 4.42 Å².